The van der Waals surface area contributed by atoms with E-state index in [9.17, 15) is 4.79 Å². The number of aromatic nitrogens is 1. The zero-order valence-electron chi connectivity index (χ0n) is 16.9. The Balaban J connectivity index is 1.54. The van der Waals surface area contributed by atoms with Crippen LogP contribution in [0.15, 0.2) is 53.3 Å². The fourth-order valence-electron chi connectivity index (χ4n) is 3.93. The molecule has 1 saturated heterocycles. The molecule has 5 nitrogen and oxygen atoms in total. The van der Waals surface area contributed by atoms with Gasteiger partial charge in [0.15, 0.2) is 5.43 Å². The van der Waals surface area contributed by atoms with Crippen molar-refractivity contribution in [2.24, 2.45) is 0 Å². The highest BCUT2D eigenvalue weighted by Gasteiger charge is 2.20. The first kappa shape index (κ1) is 18.6. The van der Waals surface area contributed by atoms with E-state index in [1.54, 1.807) is 0 Å². The van der Waals surface area contributed by atoms with Gasteiger partial charge in [-0.1, -0.05) is 18.2 Å². The Hall–Kier alpha value is -2.79. The van der Waals surface area contributed by atoms with E-state index >= 15 is 0 Å². The van der Waals surface area contributed by atoms with Crippen molar-refractivity contribution in [3.05, 3.63) is 70.0 Å². The van der Waals surface area contributed by atoms with Crippen LogP contribution >= 0.6 is 0 Å². The summed E-state index contributed by atoms with van der Waals surface area (Å²) >= 11 is 0. The summed E-state index contributed by atoms with van der Waals surface area (Å²) in [6.07, 6.45) is 0. The number of piperazine rings is 1. The number of anilines is 2. The summed E-state index contributed by atoms with van der Waals surface area (Å²) in [5, 5.41) is 0.773. The van der Waals surface area contributed by atoms with Crippen LogP contribution < -0.4 is 15.2 Å². The van der Waals surface area contributed by atoms with Crippen LogP contribution in [0.2, 0.25) is 0 Å². The summed E-state index contributed by atoms with van der Waals surface area (Å²) in [4.78, 5) is 23.5. The van der Waals surface area contributed by atoms with Crippen LogP contribution in [0.1, 0.15) is 11.3 Å². The standard InChI is InChI=1S/C23H28N4O/c1-17-21(23(28)20-15-19(25(2)3)9-10-22(20)24-17)16-26-11-13-27(14-12-26)18-7-5-4-6-8-18/h4-10,15H,11-14,16H2,1-3H3,(H,24,28). The Morgan fingerprint density at radius 2 is 1.71 bits per heavy atom. The first-order chi connectivity index (χ1) is 13.5. The molecule has 1 N–H and O–H groups in total. The molecular formula is C23H28N4O. The lowest BCUT2D eigenvalue weighted by molar-refractivity contribution is 0.248. The molecule has 0 bridgehead atoms. The molecule has 5 heteroatoms. The maximum atomic E-state index is 13.2. The van der Waals surface area contributed by atoms with Gasteiger partial charge in [0.1, 0.15) is 0 Å². The maximum absolute atomic E-state index is 13.2. The van der Waals surface area contributed by atoms with Gasteiger partial charge in [0.25, 0.3) is 0 Å². The van der Waals surface area contributed by atoms with Gasteiger partial charge in [-0.2, -0.15) is 0 Å². The molecule has 1 aromatic heterocycles. The molecule has 0 aliphatic carbocycles. The Labute approximate surface area is 166 Å². The summed E-state index contributed by atoms with van der Waals surface area (Å²) < 4.78 is 0. The zero-order valence-corrected chi connectivity index (χ0v) is 16.9. The van der Waals surface area contributed by atoms with Crippen molar-refractivity contribution in [3.8, 4) is 0 Å². The number of pyridine rings is 1. The molecule has 2 heterocycles. The highest BCUT2D eigenvalue weighted by Crippen LogP contribution is 2.20. The van der Waals surface area contributed by atoms with Crippen molar-refractivity contribution in [3.63, 3.8) is 0 Å². The van der Waals surface area contributed by atoms with Crippen molar-refractivity contribution >= 4 is 22.3 Å². The minimum Gasteiger partial charge on any atom is -0.378 e. The monoisotopic (exact) mass is 376 g/mol. The summed E-state index contributed by atoms with van der Waals surface area (Å²) in [6, 6.07) is 16.6. The van der Waals surface area contributed by atoms with Gasteiger partial charge < -0.3 is 14.8 Å². The molecular weight excluding hydrogens is 348 g/mol. The van der Waals surface area contributed by atoms with Crippen molar-refractivity contribution in [2.75, 3.05) is 50.1 Å². The predicted molar refractivity (Wildman–Crippen MR) is 118 cm³/mol. The van der Waals surface area contributed by atoms with Crippen LogP contribution in [0.5, 0.6) is 0 Å². The number of benzene rings is 2. The second-order valence-corrected chi connectivity index (χ2v) is 7.78. The minimum atomic E-state index is 0.153. The third-order valence-electron chi connectivity index (χ3n) is 5.69. The summed E-state index contributed by atoms with van der Waals surface area (Å²) in [5.41, 5.74) is 5.24. The maximum Gasteiger partial charge on any atom is 0.194 e. The number of hydrogen-bond acceptors (Lipinski definition) is 4. The largest absolute Gasteiger partial charge is 0.378 e. The number of hydrogen-bond donors (Lipinski definition) is 1. The van der Waals surface area contributed by atoms with E-state index < -0.39 is 0 Å². The number of nitrogens with zero attached hydrogens (tertiary/aromatic N) is 3. The molecule has 28 heavy (non-hydrogen) atoms. The van der Waals surface area contributed by atoms with Crippen LogP contribution in [0.4, 0.5) is 11.4 Å². The lowest BCUT2D eigenvalue weighted by atomic mass is 10.1. The molecule has 1 aliphatic rings. The van der Waals surface area contributed by atoms with Crippen LogP contribution in [0.25, 0.3) is 10.9 Å². The highest BCUT2D eigenvalue weighted by molar-refractivity contribution is 5.83. The molecule has 0 unspecified atom stereocenters. The quantitative estimate of drug-likeness (QED) is 0.759. The highest BCUT2D eigenvalue weighted by atomic mass is 16.1. The third kappa shape index (κ3) is 3.62. The van der Waals surface area contributed by atoms with Crippen LogP contribution in [0.3, 0.4) is 0 Å². The molecule has 146 valence electrons. The van der Waals surface area contributed by atoms with Gasteiger partial charge in [-0.3, -0.25) is 9.69 Å². The summed E-state index contributed by atoms with van der Waals surface area (Å²) in [6.45, 7) is 6.61. The van der Waals surface area contributed by atoms with Crippen LogP contribution in [0, 0.1) is 6.92 Å². The number of rotatable bonds is 4. The van der Waals surface area contributed by atoms with Crippen LogP contribution in [-0.4, -0.2) is 50.2 Å². The lowest BCUT2D eigenvalue weighted by Gasteiger charge is -2.36. The van der Waals surface area contributed by atoms with Crippen LogP contribution in [-0.2, 0) is 6.54 Å². The SMILES string of the molecule is Cc1[nH]c2ccc(N(C)C)cc2c(=O)c1CN1CCN(c2ccccc2)CC1. The van der Waals surface area contributed by atoms with Gasteiger partial charge in [0, 0.05) is 80.4 Å². The van der Waals surface area contributed by atoms with Crippen molar-refractivity contribution < 1.29 is 0 Å². The lowest BCUT2D eigenvalue weighted by Crippen LogP contribution is -2.46. The summed E-state index contributed by atoms with van der Waals surface area (Å²) in [7, 11) is 3.99. The first-order valence-electron chi connectivity index (χ1n) is 9.88. The van der Waals surface area contributed by atoms with Gasteiger partial charge in [0.2, 0.25) is 0 Å². The second kappa shape index (κ2) is 7.68. The molecule has 0 radical (unpaired) electrons. The molecule has 2 aromatic carbocycles. The number of fused-ring (bicyclic) bond motifs is 1. The zero-order chi connectivity index (χ0) is 19.7. The van der Waals surface area contributed by atoms with E-state index in [0.29, 0.717) is 6.54 Å². The van der Waals surface area contributed by atoms with Crippen molar-refractivity contribution in [1.82, 2.24) is 9.88 Å². The van der Waals surface area contributed by atoms with Gasteiger partial charge in [-0.05, 0) is 37.3 Å². The van der Waals surface area contributed by atoms with E-state index in [1.807, 2.05) is 44.1 Å². The number of aromatic amines is 1. The van der Waals surface area contributed by atoms with E-state index in [0.717, 1.165) is 54.0 Å². The normalized spacial score (nSPS) is 15.2. The fraction of sp³-hybridized carbons (Fsp3) is 0.348. The molecule has 0 spiro atoms. The molecule has 1 aliphatic heterocycles. The average molecular weight is 377 g/mol. The summed E-state index contributed by atoms with van der Waals surface area (Å²) in [5.74, 6) is 0. The molecule has 0 saturated carbocycles. The smallest absolute Gasteiger partial charge is 0.194 e. The first-order valence-corrected chi connectivity index (χ1v) is 9.88. The van der Waals surface area contributed by atoms with Gasteiger partial charge in [-0.15, -0.1) is 0 Å². The molecule has 1 fully saturated rings. The second-order valence-electron chi connectivity index (χ2n) is 7.78. The van der Waals surface area contributed by atoms with E-state index in [1.165, 1.54) is 5.69 Å². The van der Waals surface area contributed by atoms with Gasteiger partial charge in [0.05, 0.1) is 0 Å². The molecule has 0 amide bonds. The average Bonchev–Trinajstić information content (AvgIpc) is 2.72. The van der Waals surface area contributed by atoms with E-state index in [4.69, 9.17) is 0 Å². The number of nitrogens with one attached hydrogen (secondary N) is 1. The Bertz CT molecular complexity index is 1020. The molecule has 0 atom stereocenters. The third-order valence-corrected chi connectivity index (χ3v) is 5.69. The molecule has 4 rings (SSSR count). The minimum absolute atomic E-state index is 0.153. The topological polar surface area (TPSA) is 42.6 Å². The van der Waals surface area contributed by atoms with Crippen molar-refractivity contribution in [1.29, 1.82) is 0 Å². The Morgan fingerprint density at radius 1 is 1.00 bits per heavy atom. The van der Waals surface area contributed by atoms with Gasteiger partial charge >= 0.3 is 0 Å². The van der Waals surface area contributed by atoms with Gasteiger partial charge in [-0.25, -0.2) is 0 Å². The number of aryl methyl sites for hydroxylation is 1. The molecule has 3 aromatic rings. The number of para-hydroxylation sites is 1. The number of H-pyrrole nitrogens is 1. The fourth-order valence-corrected chi connectivity index (χ4v) is 3.93. The van der Waals surface area contributed by atoms with E-state index in [-0.39, 0.29) is 5.43 Å². The predicted octanol–water partition coefficient (Wildman–Crippen LogP) is 3.22. The van der Waals surface area contributed by atoms with Crippen molar-refractivity contribution in [2.45, 2.75) is 13.5 Å². The Morgan fingerprint density at radius 3 is 2.39 bits per heavy atom. The van der Waals surface area contributed by atoms with E-state index in [2.05, 4.69) is 45.1 Å². The Kier molecular flexibility index (Phi) is 5.09.